The fourth-order valence-electron chi connectivity index (χ4n) is 4.98. The molecule has 2 aromatic rings. The normalized spacial score (nSPS) is 19.7. The van der Waals surface area contributed by atoms with Gasteiger partial charge in [-0.2, -0.15) is 0 Å². The van der Waals surface area contributed by atoms with Gasteiger partial charge in [0, 0.05) is 39.4 Å². The Kier molecular flexibility index (Phi) is 7.67. The number of ketones is 1. The minimum atomic E-state index is -0.656. The number of hydrogen-bond donors (Lipinski definition) is 1. The van der Waals surface area contributed by atoms with E-state index >= 15 is 0 Å². The zero-order valence-corrected chi connectivity index (χ0v) is 22.4. The van der Waals surface area contributed by atoms with Crippen molar-refractivity contribution in [1.82, 2.24) is 5.32 Å². The van der Waals surface area contributed by atoms with Crippen LogP contribution in [0, 0.1) is 0 Å². The molecular formula is C28H29Cl2NO5. The third-order valence-electron chi connectivity index (χ3n) is 6.54. The molecule has 2 aromatic carbocycles. The Hall–Kier alpha value is -2.96. The number of esters is 1. The van der Waals surface area contributed by atoms with E-state index in [0.29, 0.717) is 50.4 Å². The molecule has 0 bridgehead atoms. The zero-order chi connectivity index (χ0) is 26.1. The lowest BCUT2D eigenvalue weighted by molar-refractivity contribution is -0.143. The van der Waals surface area contributed by atoms with Crippen molar-refractivity contribution in [3.05, 3.63) is 80.1 Å². The van der Waals surface area contributed by atoms with Gasteiger partial charge in [-0.15, -0.1) is 0 Å². The number of benzene rings is 2. The molecule has 8 heteroatoms. The first-order valence-corrected chi connectivity index (χ1v) is 12.5. The van der Waals surface area contributed by atoms with Gasteiger partial charge >= 0.3 is 5.97 Å². The number of carbonyl (C=O) groups is 2. The molecule has 0 saturated heterocycles. The van der Waals surface area contributed by atoms with E-state index < -0.39 is 11.9 Å². The van der Waals surface area contributed by atoms with E-state index in [4.69, 9.17) is 37.4 Å². The Labute approximate surface area is 221 Å². The summed E-state index contributed by atoms with van der Waals surface area (Å²) in [5.74, 6) is -0.0182. The predicted octanol–water partition coefficient (Wildman–Crippen LogP) is 6.32. The number of rotatable bonds is 6. The summed E-state index contributed by atoms with van der Waals surface area (Å²) < 4.78 is 16.4. The van der Waals surface area contributed by atoms with E-state index in [1.807, 2.05) is 25.1 Å². The van der Waals surface area contributed by atoms with Crippen molar-refractivity contribution in [2.45, 2.75) is 51.6 Å². The van der Waals surface area contributed by atoms with Crippen LogP contribution in [0.2, 0.25) is 10.0 Å². The van der Waals surface area contributed by atoms with Crippen molar-refractivity contribution in [3.63, 3.8) is 0 Å². The van der Waals surface area contributed by atoms with Gasteiger partial charge in [-0.05, 0) is 68.5 Å². The van der Waals surface area contributed by atoms with Gasteiger partial charge in [0.1, 0.15) is 0 Å². The maximum atomic E-state index is 13.8. The van der Waals surface area contributed by atoms with Crippen LogP contribution in [0.1, 0.15) is 56.6 Å². The van der Waals surface area contributed by atoms with Gasteiger partial charge in [-0.25, -0.2) is 4.79 Å². The topological polar surface area (TPSA) is 73.9 Å². The average molecular weight is 530 g/mol. The van der Waals surface area contributed by atoms with Crippen LogP contribution < -0.4 is 14.8 Å². The van der Waals surface area contributed by atoms with Crippen molar-refractivity contribution in [2.24, 2.45) is 0 Å². The van der Waals surface area contributed by atoms with Crippen LogP contribution in [0.25, 0.3) is 0 Å². The van der Waals surface area contributed by atoms with E-state index in [0.717, 1.165) is 11.3 Å². The maximum absolute atomic E-state index is 13.8. The first kappa shape index (κ1) is 26.1. The van der Waals surface area contributed by atoms with Crippen LogP contribution in [0.15, 0.2) is 58.9 Å². The molecular weight excluding hydrogens is 501 g/mol. The van der Waals surface area contributed by atoms with E-state index in [9.17, 15) is 9.59 Å². The predicted molar refractivity (Wildman–Crippen MR) is 140 cm³/mol. The van der Waals surface area contributed by atoms with E-state index in [1.165, 1.54) is 0 Å². The number of methoxy groups -OCH3 is 2. The van der Waals surface area contributed by atoms with Crippen LogP contribution in [-0.4, -0.2) is 32.1 Å². The summed E-state index contributed by atoms with van der Waals surface area (Å²) in [6, 6.07) is 10.8. The van der Waals surface area contributed by atoms with Gasteiger partial charge in [0.15, 0.2) is 17.3 Å². The molecule has 1 N–H and O–H groups in total. The highest BCUT2D eigenvalue weighted by Crippen LogP contribution is 2.48. The maximum Gasteiger partial charge on any atom is 0.337 e. The highest BCUT2D eigenvalue weighted by Gasteiger charge is 2.42. The molecule has 0 radical (unpaired) electrons. The molecule has 0 aromatic heterocycles. The molecule has 4 rings (SSSR count). The summed E-state index contributed by atoms with van der Waals surface area (Å²) in [5.41, 5.74) is 3.95. The fourth-order valence-corrected chi connectivity index (χ4v) is 5.49. The van der Waals surface area contributed by atoms with Crippen LogP contribution in [0.3, 0.4) is 0 Å². The summed E-state index contributed by atoms with van der Waals surface area (Å²) >= 11 is 12.8. The second-order valence-corrected chi connectivity index (χ2v) is 10.1. The number of nitrogens with one attached hydrogen (secondary N) is 1. The molecule has 190 valence electrons. The van der Waals surface area contributed by atoms with E-state index in [1.54, 1.807) is 46.3 Å². The lowest BCUT2D eigenvalue weighted by Crippen LogP contribution is -2.36. The summed E-state index contributed by atoms with van der Waals surface area (Å²) in [7, 11) is 3.17. The van der Waals surface area contributed by atoms with Crippen molar-refractivity contribution < 1.29 is 23.8 Å². The molecule has 2 atom stereocenters. The van der Waals surface area contributed by atoms with E-state index in [2.05, 4.69) is 5.32 Å². The third-order valence-corrected chi connectivity index (χ3v) is 7.11. The fraction of sp³-hybridized carbons (Fsp3) is 0.357. The number of allylic oxidation sites excluding steroid dienone is 3. The molecule has 0 unspecified atom stereocenters. The molecule has 1 aliphatic carbocycles. The Bertz CT molecular complexity index is 1280. The first-order valence-electron chi connectivity index (χ1n) is 11.8. The number of hydrogen-bond acceptors (Lipinski definition) is 6. The molecule has 1 aliphatic heterocycles. The van der Waals surface area contributed by atoms with Gasteiger partial charge in [-0.3, -0.25) is 4.79 Å². The summed E-state index contributed by atoms with van der Waals surface area (Å²) in [6.45, 7) is 5.40. The summed E-state index contributed by atoms with van der Waals surface area (Å²) in [4.78, 5) is 27.0. The van der Waals surface area contributed by atoms with Crippen molar-refractivity contribution in [2.75, 3.05) is 14.2 Å². The van der Waals surface area contributed by atoms with Gasteiger partial charge in [0.2, 0.25) is 0 Å². The Morgan fingerprint density at radius 1 is 1.03 bits per heavy atom. The number of halogens is 2. The highest BCUT2D eigenvalue weighted by molar-refractivity contribution is 6.35. The largest absolute Gasteiger partial charge is 0.493 e. The second-order valence-electron chi connectivity index (χ2n) is 9.25. The van der Waals surface area contributed by atoms with E-state index in [-0.39, 0.29) is 24.2 Å². The minimum Gasteiger partial charge on any atom is -0.493 e. The number of dihydropyridines is 1. The van der Waals surface area contributed by atoms with Gasteiger partial charge in [0.05, 0.1) is 25.9 Å². The Morgan fingerprint density at radius 3 is 2.39 bits per heavy atom. The smallest absolute Gasteiger partial charge is 0.337 e. The zero-order valence-electron chi connectivity index (χ0n) is 20.9. The molecule has 36 heavy (non-hydrogen) atoms. The molecule has 0 fully saturated rings. The monoisotopic (exact) mass is 529 g/mol. The van der Waals surface area contributed by atoms with Crippen LogP contribution in [-0.2, 0) is 14.3 Å². The lowest BCUT2D eigenvalue weighted by Gasteiger charge is -2.37. The third kappa shape index (κ3) is 4.97. The van der Waals surface area contributed by atoms with Gasteiger partial charge in [0.25, 0.3) is 0 Å². The molecule has 0 saturated carbocycles. The summed E-state index contributed by atoms with van der Waals surface area (Å²) in [5, 5.41) is 4.21. The summed E-state index contributed by atoms with van der Waals surface area (Å²) in [6.07, 6.45) is 0.553. The van der Waals surface area contributed by atoms with Crippen molar-refractivity contribution in [3.8, 4) is 11.5 Å². The Morgan fingerprint density at radius 2 is 1.75 bits per heavy atom. The molecule has 2 aliphatic rings. The van der Waals surface area contributed by atoms with Gasteiger partial charge in [-0.1, -0.05) is 35.3 Å². The molecule has 6 nitrogen and oxygen atoms in total. The standard InChI is InChI=1S/C28H29Cl2NO5/c1-14(2)36-28(33)25-15(3)31-21-10-17(16-6-9-23(34-4)24(12-16)35-5)11-22(32)27(21)26(25)19-8-7-18(29)13-20(19)30/h6-9,12-14,17,26,31H,10-11H2,1-5H3/t17-,26-/m1/s1. The van der Waals surface area contributed by atoms with Gasteiger partial charge < -0.3 is 19.5 Å². The van der Waals surface area contributed by atoms with Crippen molar-refractivity contribution in [1.29, 1.82) is 0 Å². The van der Waals surface area contributed by atoms with Crippen LogP contribution >= 0.6 is 23.2 Å². The van der Waals surface area contributed by atoms with Crippen LogP contribution in [0.5, 0.6) is 11.5 Å². The number of carbonyl (C=O) groups excluding carboxylic acids is 2. The first-order chi connectivity index (χ1) is 17.1. The van der Waals surface area contributed by atoms with Crippen molar-refractivity contribution >= 4 is 35.0 Å². The quantitative estimate of drug-likeness (QED) is 0.441. The molecule has 1 heterocycles. The highest BCUT2D eigenvalue weighted by atomic mass is 35.5. The van der Waals surface area contributed by atoms with Crippen LogP contribution in [0.4, 0.5) is 0 Å². The molecule has 0 spiro atoms. The molecule has 0 amide bonds. The average Bonchev–Trinajstić information content (AvgIpc) is 2.82. The number of ether oxygens (including phenoxy) is 3. The second kappa shape index (κ2) is 10.6. The SMILES string of the molecule is COc1ccc([C@H]2CC(=O)C3=C(C2)NC(C)=C(C(=O)OC(C)C)[C@H]3c2ccc(Cl)cc2Cl)cc1OC. The lowest BCUT2D eigenvalue weighted by atomic mass is 9.71. The number of Topliss-reactive ketones (excluding diaryl/α,β-unsaturated/α-hetero) is 1. The minimum absolute atomic E-state index is 0.0538. The Balaban J connectivity index is 1.80.